The van der Waals surface area contributed by atoms with Crippen LogP contribution in [0.3, 0.4) is 0 Å². The van der Waals surface area contributed by atoms with Gasteiger partial charge in [-0.2, -0.15) is 0 Å². The average molecular weight is 562 g/mol. The Bertz CT molecular complexity index is 1350. The molecule has 0 saturated carbocycles. The lowest BCUT2D eigenvalue weighted by Crippen LogP contribution is -2.40. The zero-order chi connectivity index (χ0) is 25.8. The second-order valence-electron chi connectivity index (χ2n) is 7.14. The van der Waals surface area contributed by atoms with Gasteiger partial charge in [0.05, 0.1) is 29.8 Å². The monoisotopic (exact) mass is 560 g/mol. The topological polar surface area (TPSA) is 84.9 Å². The van der Waals surface area contributed by atoms with Gasteiger partial charge in [-0.25, -0.2) is 12.8 Å². The summed E-state index contributed by atoms with van der Waals surface area (Å²) in [7, 11) is -1.55. The van der Waals surface area contributed by atoms with Crippen LogP contribution in [-0.4, -0.2) is 35.1 Å². The van der Waals surface area contributed by atoms with Gasteiger partial charge in [0.25, 0.3) is 10.0 Å². The van der Waals surface area contributed by atoms with Crippen molar-refractivity contribution < 1.29 is 27.1 Å². The lowest BCUT2D eigenvalue weighted by atomic mass is 10.2. The van der Waals surface area contributed by atoms with Crippen LogP contribution in [0.25, 0.3) is 0 Å². The highest BCUT2D eigenvalue weighted by Crippen LogP contribution is 2.33. The van der Waals surface area contributed by atoms with E-state index in [9.17, 15) is 17.6 Å². The van der Waals surface area contributed by atoms with E-state index in [0.29, 0.717) is 21.4 Å². The number of carbonyl (C=O) groups excluding carboxylic acids is 1. The molecule has 0 aliphatic heterocycles. The van der Waals surface area contributed by atoms with Gasteiger partial charge in [-0.15, -0.1) is 0 Å². The number of hydrogen-bond acceptors (Lipinski definition) is 5. The summed E-state index contributed by atoms with van der Waals surface area (Å²) in [5.74, 6) is -0.880. The molecule has 3 aromatic carbocycles. The molecule has 1 N–H and O–H groups in total. The van der Waals surface area contributed by atoms with Crippen molar-refractivity contribution in [2.24, 2.45) is 0 Å². The van der Waals surface area contributed by atoms with Crippen molar-refractivity contribution in [1.29, 1.82) is 0 Å². The maximum absolute atomic E-state index is 13.8. The number of carbonyl (C=O) groups is 1. The molecule has 35 heavy (non-hydrogen) atoms. The lowest BCUT2D eigenvalue weighted by Gasteiger charge is -2.25. The van der Waals surface area contributed by atoms with Gasteiger partial charge in [0.2, 0.25) is 5.91 Å². The van der Waals surface area contributed by atoms with Gasteiger partial charge in [0, 0.05) is 22.7 Å². The van der Waals surface area contributed by atoms with Crippen LogP contribution in [0.4, 0.5) is 10.1 Å². The number of halogens is 4. The van der Waals surface area contributed by atoms with Gasteiger partial charge in [-0.3, -0.25) is 9.10 Å². The third-order valence-electron chi connectivity index (χ3n) is 4.91. The van der Waals surface area contributed by atoms with E-state index < -0.39 is 28.3 Å². The molecule has 0 aliphatic rings. The van der Waals surface area contributed by atoms with Crippen LogP contribution >= 0.6 is 34.8 Å². The second-order valence-corrected chi connectivity index (χ2v) is 10.3. The number of ether oxygens (including phenoxy) is 2. The molecule has 0 heterocycles. The molecule has 7 nitrogen and oxygen atoms in total. The third kappa shape index (κ3) is 6.29. The molecule has 0 atom stereocenters. The quantitative estimate of drug-likeness (QED) is 0.383. The van der Waals surface area contributed by atoms with Crippen LogP contribution < -0.4 is 19.1 Å². The first-order valence-corrected chi connectivity index (χ1v) is 12.5. The molecule has 1 amide bonds. The Balaban J connectivity index is 1.94. The Kier molecular flexibility index (Phi) is 8.71. The number of anilines is 1. The maximum atomic E-state index is 13.8. The summed E-state index contributed by atoms with van der Waals surface area (Å²) in [6.45, 7) is -0.590. The van der Waals surface area contributed by atoms with Gasteiger partial charge in [-0.05, 0) is 48.0 Å². The summed E-state index contributed by atoms with van der Waals surface area (Å²) in [6.07, 6.45) is 0. The first kappa shape index (κ1) is 26.9. The summed E-state index contributed by atoms with van der Waals surface area (Å²) in [5, 5.41) is 3.10. The van der Waals surface area contributed by atoms with E-state index in [0.717, 1.165) is 16.4 Å². The SMILES string of the molecule is COc1ccc(S(=O)(=O)N(CC(=O)NCc2ccc(Cl)cc2Cl)c2ccc(F)c(Cl)c2)cc1OC. The first-order chi connectivity index (χ1) is 16.6. The number of methoxy groups -OCH3 is 2. The van der Waals surface area contributed by atoms with Crippen molar-refractivity contribution in [1.82, 2.24) is 5.32 Å². The molecule has 186 valence electrons. The van der Waals surface area contributed by atoms with Crippen molar-refractivity contribution in [2.45, 2.75) is 11.4 Å². The molecule has 0 bridgehead atoms. The van der Waals surface area contributed by atoms with E-state index in [1.807, 2.05) is 0 Å². The Labute approximate surface area is 217 Å². The van der Waals surface area contributed by atoms with E-state index in [4.69, 9.17) is 44.3 Å². The van der Waals surface area contributed by atoms with Crippen LogP contribution in [0, 0.1) is 5.82 Å². The molecule has 3 aromatic rings. The zero-order valence-corrected chi connectivity index (χ0v) is 21.6. The third-order valence-corrected chi connectivity index (χ3v) is 7.56. The van der Waals surface area contributed by atoms with Crippen molar-refractivity contribution in [2.75, 3.05) is 25.1 Å². The molecule has 0 unspecified atom stereocenters. The highest BCUT2D eigenvalue weighted by molar-refractivity contribution is 7.92. The molecule has 3 rings (SSSR count). The predicted molar refractivity (Wildman–Crippen MR) is 134 cm³/mol. The van der Waals surface area contributed by atoms with Crippen LogP contribution in [0.5, 0.6) is 11.5 Å². The Morgan fingerprint density at radius 3 is 2.29 bits per heavy atom. The second kappa shape index (κ2) is 11.3. The van der Waals surface area contributed by atoms with Gasteiger partial charge in [0.1, 0.15) is 12.4 Å². The van der Waals surface area contributed by atoms with Crippen LogP contribution in [-0.2, 0) is 21.4 Å². The molecule has 0 saturated heterocycles. The van der Waals surface area contributed by atoms with E-state index in [1.165, 1.54) is 44.6 Å². The Hall–Kier alpha value is -2.72. The fourth-order valence-electron chi connectivity index (χ4n) is 3.10. The number of nitrogens with one attached hydrogen (secondary N) is 1. The molecule has 0 fully saturated rings. The minimum atomic E-state index is -4.32. The van der Waals surface area contributed by atoms with Crippen LogP contribution in [0.1, 0.15) is 5.56 Å². The molecular weight excluding hydrogens is 542 g/mol. The number of nitrogens with zero attached hydrogens (tertiary/aromatic N) is 1. The summed E-state index contributed by atoms with van der Waals surface area (Å²) in [5.41, 5.74) is 0.578. The van der Waals surface area contributed by atoms with E-state index in [-0.39, 0.29) is 27.9 Å². The summed E-state index contributed by atoms with van der Waals surface area (Å²) < 4.78 is 52.1. The van der Waals surface area contributed by atoms with Gasteiger partial charge in [-0.1, -0.05) is 40.9 Å². The molecule has 0 spiro atoms. The van der Waals surface area contributed by atoms with Crippen molar-refractivity contribution >= 4 is 56.4 Å². The number of benzene rings is 3. The van der Waals surface area contributed by atoms with E-state index >= 15 is 0 Å². The van der Waals surface area contributed by atoms with Gasteiger partial charge in [0.15, 0.2) is 11.5 Å². The average Bonchev–Trinajstić information content (AvgIpc) is 2.83. The molecule has 12 heteroatoms. The fourth-order valence-corrected chi connectivity index (χ4v) is 5.18. The van der Waals surface area contributed by atoms with Crippen molar-refractivity contribution in [3.8, 4) is 11.5 Å². The van der Waals surface area contributed by atoms with Crippen LogP contribution in [0.15, 0.2) is 59.5 Å². The fraction of sp³-hybridized carbons (Fsp3) is 0.174. The summed E-state index contributed by atoms with van der Waals surface area (Å²) >= 11 is 17.9. The molecule has 0 aliphatic carbocycles. The number of sulfonamides is 1. The number of hydrogen-bond donors (Lipinski definition) is 1. The smallest absolute Gasteiger partial charge is 0.264 e. The van der Waals surface area contributed by atoms with E-state index in [2.05, 4.69) is 5.32 Å². The molecule has 0 aromatic heterocycles. The normalized spacial score (nSPS) is 11.1. The highest BCUT2D eigenvalue weighted by atomic mass is 35.5. The predicted octanol–water partition coefficient (Wildman–Crippen LogP) is 5.31. The summed E-state index contributed by atoms with van der Waals surface area (Å²) in [4.78, 5) is 12.6. The number of amides is 1. The minimum Gasteiger partial charge on any atom is -0.493 e. The van der Waals surface area contributed by atoms with E-state index in [1.54, 1.807) is 12.1 Å². The minimum absolute atomic E-state index is 0.00846. The maximum Gasteiger partial charge on any atom is 0.264 e. The van der Waals surface area contributed by atoms with Crippen molar-refractivity contribution in [3.05, 3.63) is 81.0 Å². The Morgan fingerprint density at radius 2 is 1.66 bits per heavy atom. The van der Waals surface area contributed by atoms with Gasteiger partial charge < -0.3 is 14.8 Å². The molecular formula is C23H20Cl3FN2O5S. The lowest BCUT2D eigenvalue weighted by molar-refractivity contribution is -0.119. The Morgan fingerprint density at radius 1 is 0.943 bits per heavy atom. The first-order valence-electron chi connectivity index (χ1n) is 9.97. The molecule has 0 radical (unpaired) electrons. The summed E-state index contributed by atoms with van der Waals surface area (Å²) in [6, 6.07) is 12.1. The number of rotatable bonds is 9. The van der Waals surface area contributed by atoms with Crippen LogP contribution in [0.2, 0.25) is 15.1 Å². The van der Waals surface area contributed by atoms with Gasteiger partial charge >= 0.3 is 0 Å². The largest absolute Gasteiger partial charge is 0.493 e. The zero-order valence-electron chi connectivity index (χ0n) is 18.5. The van der Waals surface area contributed by atoms with Crippen molar-refractivity contribution in [3.63, 3.8) is 0 Å². The highest BCUT2D eigenvalue weighted by Gasteiger charge is 2.29. The standard InChI is InChI=1S/C23H20Cl3FN2O5S/c1-33-21-8-6-17(11-22(21)34-2)35(31,32)29(16-5-7-20(27)19(26)10-16)13-23(30)28-12-14-3-4-15(24)9-18(14)25/h3-11H,12-13H2,1-2H3,(H,28,30).